The van der Waals surface area contributed by atoms with Crippen LogP contribution >= 0.6 is 15.9 Å². The first-order valence-corrected chi connectivity index (χ1v) is 11.0. The van der Waals surface area contributed by atoms with Crippen LogP contribution in [0, 0.1) is 5.92 Å². The molecule has 2 saturated heterocycles. The SMILES string of the molecule is CN=C(NCC1CCN(C)CC1)N1CCN(C(C)c2ccc(Br)cc2)CC1. The molecule has 1 unspecified atom stereocenters. The summed E-state index contributed by atoms with van der Waals surface area (Å²) in [7, 11) is 4.13. The molecule has 150 valence electrons. The van der Waals surface area contributed by atoms with Crippen molar-refractivity contribution in [1.29, 1.82) is 0 Å². The van der Waals surface area contributed by atoms with E-state index in [1.165, 1.54) is 31.5 Å². The molecule has 0 aromatic heterocycles. The highest BCUT2D eigenvalue weighted by atomic mass is 79.9. The van der Waals surface area contributed by atoms with Crippen molar-refractivity contribution >= 4 is 21.9 Å². The molecule has 2 heterocycles. The number of hydrogen-bond donors (Lipinski definition) is 1. The van der Waals surface area contributed by atoms with E-state index in [0.717, 1.165) is 49.1 Å². The number of piperazine rings is 1. The molecule has 2 aliphatic heterocycles. The summed E-state index contributed by atoms with van der Waals surface area (Å²) >= 11 is 3.53. The summed E-state index contributed by atoms with van der Waals surface area (Å²) in [5.41, 5.74) is 1.39. The van der Waals surface area contributed by atoms with Crippen LogP contribution in [0.1, 0.15) is 31.4 Å². The molecule has 0 spiro atoms. The lowest BCUT2D eigenvalue weighted by Gasteiger charge is -2.40. The third-order valence-corrected chi connectivity index (χ3v) is 6.64. The minimum Gasteiger partial charge on any atom is -0.356 e. The van der Waals surface area contributed by atoms with Gasteiger partial charge in [0.15, 0.2) is 5.96 Å². The van der Waals surface area contributed by atoms with Gasteiger partial charge >= 0.3 is 0 Å². The van der Waals surface area contributed by atoms with Crippen molar-refractivity contribution in [2.24, 2.45) is 10.9 Å². The third-order valence-electron chi connectivity index (χ3n) is 6.11. The molecule has 0 amide bonds. The van der Waals surface area contributed by atoms with E-state index in [0.29, 0.717) is 6.04 Å². The van der Waals surface area contributed by atoms with Crippen molar-refractivity contribution in [3.63, 3.8) is 0 Å². The van der Waals surface area contributed by atoms with Crippen molar-refractivity contribution in [1.82, 2.24) is 20.0 Å². The summed E-state index contributed by atoms with van der Waals surface area (Å²) in [5, 5.41) is 3.64. The van der Waals surface area contributed by atoms with E-state index in [1.807, 2.05) is 7.05 Å². The van der Waals surface area contributed by atoms with E-state index in [4.69, 9.17) is 0 Å². The van der Waals surface area contributed by atoms with E-state index >= 15 is 0 Å². The van der Waals surface area contributed by atoms with Crippen LogP contribution in [0.25, 0.3) is 0 Å². The number of nitrogens with zero attached hydrogens (tertiary/aromatic N) is 4. The summed E-state index contributed by atoms with van der Waals surface area (Å²) in [6, 6.07) is 9.18. The Balaban J connectivity index is 1.46. The van der Waals surface area contributed by atoms with Gasteiger partial charge in [-0.1, -0.05) is 28.1 Å². The van der Waals surface area contributed by atoms with Gasteiger partial charge in [0.2, 0.25) is 0 Å². The maximum Gasteiger partial charge on any atom is 0.193 e. The average Bonchev–Trinajstić information content (AvgIpc) is 2.70. The van der Waals surface area contributed by atoms with Crippen molar-refractivity contribution in [3.05, 3.63) is 34.3 Å². The van der Waals surface area contributed by atoms with E-state index in [-0.39, 0.29) is 0 Å². The molecule has 3 rings (SSSR count). The zero-order valence-corrected chi connectivity index (χ0v) is 18.6. The highest BCUT2D eigenvalue weighted by molar-refractivity contribution is 9.10. The zero-order chi connectivity index (χ0) is 19.2. The van der Waals surface area contributed by atoms with Gasteiger partial charge in [-0.2, -0.15) is 0 Å². The molecule has 1 aromatic rings. The number of nitrogens with one attached hydrogen (secondary N) is 1. The van der Waals surface area contributed by atoms with Crippen molar-refractivity contribution in [2.45, 2.75) is 25.8 Å². The first-order valence-electron chi connectivity index (χ1n) is 10.2. The number of piperidine rings is 1. The number of aliphatic imine (C=N–C) groups is 1. The van der Waals surface area contributed by atoms with Gasteiger partial charge in [-0.25, -0.2) is 0 Å². The van der Waals surface area contributed by atoms with Crippen molar-refractivity contribution < 1.29 is 0 Å². The molecule has 1 N–H and O–H groups in total. The Bertz CT molecular complexity index is 602. The average molecular weight is 436 g/mol. The van der Waals surface area contributed by atoms with E-state index < -0.39 is 0 Å². The van der Waals surface area contributed by atoms with Crippen molar-refractivity contribution in [2.75, 3.05) is 59.9 Å². The third kappa shape index (κ3) is 5.69. The molecule has 0 saturated carbocycles. The molecule has 2 aliphatic rings. The number of guanidine groups is 1. The van der Waals surface area contributed by atoms with Gasteiger partial charge in [-0.15, -0.1) is 0 Å². The number of hydrogen-bond acceptors (Lipinski definition) is 3. The Morgan fingerprint density at radius 3 is 2.33 bits per heavy atom. The van der Waals surface area contributed by atoms with Crippen LogP contribution in [-0.2, 0) is 0 Å². The fourth-order valence-corrected chi connectivity index (χ4v) is 4.37. The summed E-state index contributed by atoms with van der Waals surface area (Å²) < 4.78 is 1.14. The first-order chi connectivity index (χ1) is 13.1. The van der Waals surface area contributed by atoms with Crippen LogP contribution in [0.5, 0.6) is 0 Å². The maximum absolute atomic E-state index is 4.55. The molecule has 2 fully saturated rings. The van der Waals surface area contributed by atoms with Gasteiger partial charge in [-0.3, -0.25) is 9.89 Å². The molecular formula is C21H34BrN5. The van der Waals surface area contributed by atoms with Gasteiger partial charge in [0.1, 0.15) is 0 Å². The highest BCUT2D eigenvalue weighted by Crippen LogP contribution is 2.23. The minimum atomic E-state index is 0.453. The van der Waals surface area contributed by atoms with Gasteiger partial charge in [0, 0.05) is 50.3 Å². The Morgan fingerprint density at radius 1 is 1.11 bits per heavy atom. The molecule has 1 aromatic carbocycles. The Hall–Kier alpha value is -1.11. The summed E-state index contributed by atoms with van der Waals surface area (Å²) in [6.07, 6.45) is 2.58. The molecule has 0 aliphatic carbocycles. The lowest BCUT2D eigenvalue weighted by molar-refractivity contribution is 0.138. The standard InChI is InChI=1S/C21H34BrN5/c1-17(19-4-6-20(22)7-5-19)26-12-14-27(15-13-26)21(23-2)24-16-18-8-10-25(3)11-9-18/h4-7,17-18H,8-16H2,1-3H3,(H,23,24). The smallest absolute Gasteiger partial charge is 0.193 e. The van der Waals surface area contributed by atoms with Gasteiger partial charge < -0.3 is 15.1 Å². The van der Waals surface area contributed by atoms with E-state index in [2.05, 4.69) is 79.2 Å². The zero-order valence-electron chi connectivity index (χ0n) is 17.0. The van der Waals surface area contributed by atoms with Crippen LogP contribution in [0.15, 0.2) is 33.7 Å². The van der Waals surface area contributed by atoms with Crippen LogP contribution in [0.4, 0.5) is 0 Å². The molecule has 0 bridgehead atoms. The van der Waals surface area contributed by atoms with Crippen LogP contribution in [0.3, 0.4) is 0 Å². The lowest BCUT2D eigenvalue weighted by atomic mass is 9.97. The Kier molecular flexibility index (Phi) is 7.56. The topological polar surface area (TPSA) is 34.1 Å². The number of halogens is 1. The molecule has 1 atom stereocenters. The highest BCUT2D eigenvalue weighted by Gasteiger charge is 2.24. The summed E-state index contributed by atoms with van der Waals surface area (Å²) in [6.45, 7) is 10.0. The number of likely N-dealkylation sites (tertiary alicyclic amines) is 1. The largest absolute Gasteiger partial charge is 0.356 e. The lowest BCUT2D eigenvalue weighted by Crippen LogP contribution is -2.53. The maximum atomic E-state index is 4.55. The summed E-state index contributed by atoms with van der Waals surface area (Å²) in [5.74, 6) is 1.85. The van der Waals surface area contributed by atoms with Crippen molar-refractivity contribution in [3.8, 4) is 0 Å². The molecular weight excluding hydrogens is 402 g/mol. The number of benzene rings is 1. The second-order valence-corrected chi connectivity index (χ2v) is 8.84. The second-order valence-electron chi connectivity index (χ2n) is 7.93. The molecule has 6 heteroatoms. The van der Waals surface area contributed by atoms with Gasteiger partial charge in [0.25, 0.3) is 0 Å². The first kappa shape index (κ1) is 20.6. The predicted molar refractivity (Wildman–Crippen MR) is 117 cm³/mol. The second kappa shape index (κ2) is 9.89. The van der Waals surface area contributed by atoms with Crippen LogP contribution in [0.2, 0.25) is 0 Å². The molecule has 27 heavy (non-hydrogen) atoms. The fraction of sp³-hybridized carbons (Fsp3) is 0.667. The van der Waals surface area contributed by atoms with Crippen LogP contribution in [-0.4, -0.2) is 80.6 Å². The Morgan fingerprint density at radius 2 is 1.74 bits per heavy atom. The van der Waals surface area contributed by atoms with Gasteiger partial charge in [0.05, 0.1) is 0 Å². The monoisotopic (exact) mass is 435 g/mol. The van der Waals surface area contributed by atoms with E-state index in [1.54, 1.807) is 0 Å². The molecule has 0 radical (unpaired) electrons. The summed E-state index contributed by atoms with van der Waals surface area (Å²) in [4.78, 5) is 12.0. The predicted octanol–water partition coefficient (Wildman–Crippen LogP) is 3.04. The van der Waals surface area contributed by atoms with Gasteiger partial charge in [-0.05, 0) is 63.5 Å². The normalized spacial score (nSPS) is 22.1. The fourth-order valence-electron chi connectivity index (χ4n) is 4.11. The Labute approximate surface area is 172 Å². The quantitative estimate of drug-likeness (QED) is 0.581. The minimum absolute atomic E-state index is 0.453. The van der Waals surface area contributed by atoms with E-state index in [9.17, 15) is 0 Å². The number of rotatable bonds is 4. The molecule has 5 nitrogen and oxygen atoms in total. The van der Waals surface area contributed by atoms with Crippen LogP contribution < -0.4 is 5.32 Å².